The third-order valence-electron chi connectivity index (χ3n) is 4.04. The number of carbonyl (C=O) groups is 1. The summed E-state index contributed by atoms with van der Waals surface area (Å²) in [6.45, 7) is 3.67. The van der Waals surface area contributed by atoms with Crippen molar-refractivity contribution in [2.24, 2.45) is 0 Å². The number of amides is 1. The lowest BCUT2D eigenvalue weighted by molar-refractivity contribution is 0.101. The van der Waals surface area contributed by atoms with E-state index in [0.29, 0.717) is 11.5 Å². The standard InChI is InChI=1S/C18H16N8O3S/c1-11-10-12(2)26-18(21-11)23-15(24-26)16(27)22-13-4-6-14(7-5-13)30(28,29)25-17-19-8-3-9-20-17/h3-10H,1-2H3,(H,22,27)(H,19,20,25). The molecule has 0 aliphatic carbocycles. The lowest BCUT2D eigenvalue weighted by Crippen LogP contribution is -2.16. The third kappa shape index (κ3) is 3.93. The number of hydrogen-bond donors (Lipinski definition) is 2. The summed E-state index contributed by atoms with van der Waals surface area (Å²) < 4.78 is 28.6. The molecule has 0 atom stereocenters. The Balaban J connectivity index is 1.51. The minimum Gasteiger partial charge on any atom is -0.319 e. The van der Waals surface area contributed by atoms with Crippen LogP contribution in [0.5, 0.6) is 0 Å². The van der Waals surface area contributed by atoms with Gasteiger partial charge in [-0.3, -0.25) is 4.79 Å². The van der Waals surface area contributed by atoms with E-state index < -0.39 is 15.9 Å². The Kier molecular flexibility index (Phi) is 4.83. The highest BCUT2D eigenvalue weighted by Gasteiger charge is 2.17. The number of rotatable bonds is 5. The molecule has 3 heterocycles. The van der Waals surface area contributed by atoms with Gasteiger partial charge in [-0.25, -0.2) is 32.6 Å². The van der Waals surface area contributed by atoms with Gasteiger partial charge in [0.1, 0.15) is 0 Å². The number of nitrogens with zero attached hydrogens (tertiary/aromatic N) is 6. The molecule has 1 amide bonds. The summed E-state index contributed by atoms with van der Waals surface area (Å²) in [7, 11) is -3.86. The molecule has 30 heavy (non-hydrogen) atoms. The highest BCUT2D eigenvalue weighted by atomic mass is 32.2. The second-order valence-electron chi connectivity index (χ2n) is 6.34. The molecule has 0 saturated carbocycles. The smallest absolute Gasteiger partial charge is 0.295 e. The van der Waals surface area contributed by atoms with Crippen LogP contribution in [0.3, 0.4) is 0 Å². The molecule has 0 aliphatic rings. The van der Waals surface area contributed by atoms with E-state index >= 15 is 0 Å². The van der Waals surface area contributed by atoms with Crippen LogP contribution in [0.1, 0.15) is 22.0 Å². The maximum Gasteiger partial charge on any atom is 0.295 e. The van der Waals surface area contributed by atoms with Crippen molar-refractivity contribution in [3.05, 3.63) is 66.0 Å². The first-order valence-electron chi connectivity index (χ1n) is 8.74. The zero-order valence-corrected chi connectivity index (χ0v) is 16.8. The van der Waals surface area contributed by atoms with Crippen molar-refractivity contribution in [1.82, 2.24) is 29.5 Å². The van der Waals surface area contributed by atoms with E-state index in [4.69, 9.17) is 0 Å². The maximum atomic E-state index is 12.5. The quantitative estimate of drug-likeness (QED) is 0.491. The SMILES string of the molecule is Cc1cc(C)n2nc(C(=O)Nc3ccc(S(=O)(=O)Nc4ncccn4)cc3)nc2n1. The molecule has 4 rings (SSSR count). The van der Waals surface area contributed by atoms with E-state index in [1.165, 1.54) is 41.2 Å². The lowest BCUT2D eigenvalue weighted by Gasteiger charge is -2.07. The third-order valence-corrected chi connectivity index (χ3v) is 5.38. The number of anilines is 2. The Bertz CT molecular complexity index is 1340. The number of nitrogens with one attached hydrogen (secondary N) is 2. The predicted molar refractivity (Wildman–Crippen MR) is 107 cm³/mol. The van der Waals surface area contributed by atoms with E-state index in [-0.39, 0.29) is 16.7 Å². The molecule has 2 N–H and O–H groups in total. The van der Waals surface area contributed by atoms with Crippen molar-refractivity contribution >= 4 is 33.3 Å². The van der Waals surface area contributed by atoms with E-state index in [1.807, 2.05) is 19.9 Å². The Labute approximate surface area is 171 Å². The number of sulfonamides is 1. The fourth-order valence-electron chi connectivity index (χ4n) is 2.70. The molecule has 0 spiro atoms. The number of aromatic nitrogens is 6. The Hall–Kier alpha value is -3.93. The number of aryl methyl sites for hydroxylation is 2. The minimum absolute atomic E-state index is 0.00546. The summed E-state index contributed by atoms with van der Waals surface area (Å²) in [6.07, 6.45) is 2.85. The van der Waals surface area contributed by atoms with Crippen LogP contribution in [0.2, 0.25) is 0 Å². The van der Waals surface area contributed by atoms with Crippen LogP contribution in [-0.4, -0.2) is 43.9 Å². The van der Waals surface area contributed by atoms with Crippen LogP contribution >= 0.6 is 0 Å². The van der Waals surface area contributed by atoms with Crippen molar-refractivity contribution in [1.29, 1.82) is 0 Å². The van der Waals surface area contributed by atoms with Crippen molar-refractivity contribution in [3.63, 3.8) is 0 Å². The Morgan fingerprint density at radius 3 is 2.43 bits per heavy atom. The van der Waals surface area contributed by atoms with Gasteiger partial charge in [-0.05, 0) is 50.2 Å². The van der Waals surface area contributed by atoms with Gasteiger partial charge < -0.3 is 5.32 Å². The highest BCUT2D eigenvalue weighted by molar-refractivity contribution is 7.92. The van der Waals surface area contributed by atoms with E-state index in [0.717, 1.165) is 11.4 Å². The van der Waals surface area contributed by atoms with Gasteiger partial charge in [0.25, 0.3) is 21.7 Å². The van der Waals surface area contributed by atoms with Crippen molar-refractivity contribution < 1.29 is 13.2 Å². The number of hydrogen-bond acceptors (Lipinski definition) is 8. The van der Waals surface area contributed by atoms with Crippen LogP contribution in [0.25, 0.3) is 5.78 Å². The number of carbonyl (C=O) groups excluding carboxylic acids is 1. The first-order valence-corrected chi connectivity index (χ1v) is 10.2. The molecular weight excluding hydrogens is 408 g/mol. The zero-order chi connectivity index (χ0) is 21.3. The average Bonchev–Trinajstić information content (AvgIpc) is 3.13. The number of benzene rings is 1. The highest BCUT2D eigenvalue weighted by Crippen LogP contribution is 2.17. The molecular formula is C18H16N8O3S. The minimum atomic E-state index is -3.86. The summed E-state index contributed by atoms with van der Waals surface area (Å²) in [4.78, 5) is 28.5. The van der Waals surface area contributed by atoms with Crippen molar-refractivity contribution in [2.75, 3.05) is 10.0 Å². The van der Waals surface area contributed by atoms with E-state index in [1.54, 1.807) is 6.07 Å². The Morgan fingerprint density at radius 2 is 1.73 bits per heavy atom. The van der Waals surface area contributed by atoms with Crippen LogP contribution in [0.15, 0.2) is 53.7 Å². The topological polar surface area (TPSA) is 144 Å². The van der Waals surface area contributed by atoms with Gasteiger partial charge in [-0.2, -0.15) is 4.98 Å². The van der Waals surface area contributed by atoms with Crippen LogP contribution in [0.4, 0.5) is 11.6 Å². The summed E-state index contributed by atoms with van der Waals surface area (Å²) in [6, 6.07) is 9.03. The van der Waals surface area contributed by atoms with E-state index in [2.05, 4.69) is 35.1 Å². The molecule has 1 aromatic carbocycles. The average molecular weight is 424 g/mol. The van der Waals surface area contributed by atoms with Crippen LogP contribution in [0, 0.1) is 13.8 Å². The molecule has 0 aliphatic heterocycles. The van der Waals surface area contributed by atoms with Gasteiger partial charge in [0.05, 0.1) is 4.90 Å². The molecule has 152 valence electrons. The summed E-state index contributed by atoms with van der Waals surface area (Å²) in [5.41, 5.74) is 1.95. The van der Waals surface area contributed by atoms with Gasteiger partial charge >= 0.3 is 0 Å². The first kappa shape index (κ1) is 19.4. The van der Waals surface area contributed by atoms with Crippen molar-refractivity contribution in [2.45, 2.75) is 18.7 Å². The monoisotopic (exact) mass is 424 g/mol. The van der Waals surface area contributed by atoms with E-state index in [9.17, 15) is 13.2 Å². The largest absolute Gasteiger partial charge is 0.319 e. The summed E-state index contributed by atoms with van der Waals surface area (Å²) in [5.74, 6) is -0.292. The van der Waals surface area contributed by atoms with Crippen LogP contribution < -0.4 is 10.0 Å². The predicted octanol–water partition coefficient (Wildman–Crippen LogP) is 1.58. The zero-order valence-electron chi connectivity index (χ0n) is 15.9. The van der Waals surface area contributed by atoms with Gasteiger partial charge in [-0.15, -0.1) is 5.10 Å². The molecule has 3 aromatic heterocycles. The second-order valence-corrected chi connectivity index (χ2v) is 8.02. The summed E-state index contributed by atoms with van der Waals surface area (Å²) >= 11 is 0. The molecule has 0 saturated heterocycles. The molecule has 0 radical (unpaired) electrons. The first-order chi connectivity index (χ1) is 14.3. The van der Waals surface area contributed by atoms with Gasteiger partial charge in [0.2, 0.25) is 11.8 Å². The molecule has 0 fully saturated rings. The molecule has 0 unspecified atom stereocenters. The molecule has 12 heteroatoms. The second kappa shape index (κ2) is 7.48. The lowest BCUT2D eigenvalue weighted by atomic mass is 10.3. The normalized spacial score (nSPS) is 11.4. The fourth-order valence-corrected chi connectivity index (χ4v) is 3.66. The van der Waals surface area contributed by atoms with Crippen molar-refractivity contribution in [3.8, 4) is 0 Å². The maximum absolute atomic E-state index is 12.5. The van der Waals surface area contributed by atoms with Gasteiger partial charge in [-0.1, -0.05) is 0 Å². The van der Waals surface area contributed by atoms with Gasteiger partial charge in [0.15, 0.2) is 0 Å². The molecule has 0 bridgehead atoms. The van der Waals surface area contributed by atoms with Crippen LogP contribution in [-0.2, 0) is 10.0 Å². The van der Waals surface area contributed by atoms with Gasteiger partial charge in [0, 0.05) is 29.5 Å². The molecule has 11 nitrogen and oxygen atoms in total. The Morgan fingerprint density at radius 1 is 1.03 bits per heavy atom. The fraction of sp³-hybridized carbons (Fsp3) is 0.111. The number of fused-ring (bicyclic) bond motifs is 1. The summed E-state index contributed by atoms with van der Waals surface area (Å²) in [5, 5.41) is 6.80. The molecule has 4 aromatic rings.